The van der Waals surface area contributed by atoms with E-state index in [4.69, 9.17) is 4.52 Å². The first-order valence-corrected chi connectivity index (χ1v) is 7.68. The van der Waals surface area contributed by atoms with Gasteiger partial charge < -0.3 is 0 Å². The van der Waals surface area contributed by atoms with Crippen molar-refractivity contribution in [1.29, 1.82) is 0 Å². The number of hydrogen-bond acceptors (Lipinski definition) is 2. The van der Waals surface area contributed by atoms with Crippen LogP contribution >= 0.6 is 8.03 Å². The molecule has 1 aliphatic rings. The van der Waals surface area contributed by atoms with Crippen molar-refractivity contribution in [3.05, 3.63) is 0 Å². The first-order chi connectivity index (χ1) is 7.33. The molecule has 0 aliphatic heterocycles. The van der Waals surface area contributed by atoms with E-state index in [2.05, 4.69) is 0 Å². The van der Waals surface area contributed by atoms with E-state index in [0.29, 0.717) is 0 Å². The highest BCUT2D eigenvalue weighted by Crippen LogP contribution is 2.28. The first kappa shape index (κ1) is 13.1. The zero-order chi connectivity index (χ0) is 10.9. The van der Waals surface area contributed by atoms with Crippen LogP contribution in [0.5, 0.6) is 0 Å². The number of hydrogen-bond donors (Lipinski definition) is 0. The Morgan fingerprint density at radius 1 is 1.13 bits per heavy atom. The van der Waals surface area contributed by atoms with Gasteiger partial charge in [-0.15, -0.1) is 4.52 Å². The highest BCUT2D eigenvalue weighted by molar-refractivity contribution is 7.39. The molecule has 1 rings (SSSR count). The average Bonchev–Trinajstić information content (AvgIpc) is 2.29. The molecular weight excluding hydrogens is 207 g/mol. The molecule has 0 aromatic rings. The van der Waals surface area contributed by atoms with Crippen LogP contribution in [0.3, 0.4) is 0 Å². The van der Waals surface area contributed by atoms with E-state index < -0.39 is 8.03 Å². The zero-order valence-electron chi connectivity index (χ0n) is 9.91. The van der Waals surface area contributed by atoms with Crippen molar-refractivity contribution in [3.8, 4) is 0 Å². The van der Waals surface area contributed by atoms with Crippen LogP contribution in [0.2, 0.25) is 0 Å². The maximum atomic E-state index is 11.0. The van der Waals surface area contributed by atoms with Crippen LogP contribution in [0.1, 0.15) is 57.8 Å². The smallest absolute Gasteiger partial charge is 0.150 e. The van der Waals surface area contributed by atoms with Gasteiger partial charge in [-0.1, -0.05) is 44.9 Å². The highest BCUT2D eigenvalue weighted by atomic mass is 31.1. The summed E-state index contributed by atoms with van der Waals surface area (Å²) in [6.45, 7) is 0. The molecule has 0 N–H and O–H groups in total. The summed E-state index contributed by atoms with van der Waals surface area (Å²) < 4.78 is 15.8. The Balaban J connectivity index is 1.89. The number of rotatable bonds is 7. The summed E-state index contributed by atoms with van der Waals surface area (Å²) in [6, 6.07) is 0. The molecule has 0 aromatic carbocycles. The minimum Gasteiger partial charge on any atom is -0.150 e. The lowest BCUT2D eigenvalue weighted by Gasteiger charge is -2.20. The molecule has 0 bridgehead atoms. The van der Waals surface area contributed by atoms with Gasteiger partial charge in [0, 0.05) is 0 Å². The predicted octanol–water partition coefficient (Wildman–Crippen LogP) is 4.52. The van der Waals surface area contributed by atoms with E-state index in [-0.39, 0.29) is 0 Å². The van der Waals surface area contributed by atoms with Crippen molar-refractivity contribution in [2.75, 3.05) is 13.3 Å². The summed E-state index contributed by atoms with van der Waals surface area (Å²) >= 11 is 0. The third-order valence-corrected chi connectivity index (χ3v) is 4.47. The predicted molar refractivity (Wildman–Crippen MR) is 64.5 cm³/mol. The van der Waals surface area contributed by atoms with Crippen LogP contribution in [0.25, 0.3) is 0 Å². The molecule has 1 atom stereocenters. The molecule has 0 aromatic heterocycles. The third-order valence-electron chi connectivity index (χ3n) is 3.38. The second-order valence-electron chi connectivity index (χ2n) is 4.59. The Hall–Kier alpha value is 0.0600. The van der Waals surface area contributed by atoms with E-state index in [1.54, 1.807) is 0 Å². The molecule has 0 spiro atoms. The van der Waals surface area contributed by atoms with Crippen LogP contribution in [-0.2, 0) is 9.09 Å². The van der Waals surface area contributed by atoms with Gasteiger partial charge in [-0.05, 0) is 23.3 Å². The minimum absolute atomic E-state index is 0.747. The molecule has 1 aliphatic carbocycles. The molecular formula is C12H24O2P+. The van der Waals surface area contributed by atoms with Gasteiger partial charge in [0.25, 0.3) is 0 Å². The van der Waals surface area contributed by atoms with Gasteiger partial charge in [-0.25, -0.2) is 0 Å². The van der Waals surface area contributed by atoms with Gasteiger partial charge in [-0.3, -0.25) is 0 Å². The molecule has 15 heavy (non-hydrogen) atoms. The fraction of sp³-hybridized carbons (Fsp3) is 1.00. The SMILES string of the molecule is CO[P+](=O)CCCCCC1CCCCC1. The largest absolute Gasteiger partial charge is 0.507 e. The normalized spacial score (nSPS) is 19.1. The lowest BCUT2D eigenvalue weighted by molar-refractivity contribution is 0.329. The summed E-state index contributed by atoms with van der Waals surface area (Å²) in [5.41, 5.74) is 0. The Kier molecular flexibility index (Phi) is 7.21. The molecule has 0 radical (unpaired) electrons. The van der Waals surface area contributed by atoms with Gasteiger partial charge in [0.2, 0.25) is 0 Å². The number of unbranched alkanes of at least 4 members (excludes halogenated alkanes) is 2. The van der Waals surface area contributed by atoms with Crippen molar-refractivity contribution >= 4 is 8.03 Å². The standard InChI is InChI=1S/C12H24O2P/c1-14-15(13)11-7-3-6-10-12-8-4-2-5-9-12/h12H,2-11H2,1H3/q+1. The van der Waals surface area contributed by atoms with Crippen LogP contribution in [-0.4, -0.2) is 13.3 Å². The van der Waals surface area contributed by atoms with Crippen LogP contribution in [0.15, 0.2) is 0 Å². The van der Waals surface area contributed by atoms with Crippen molar-refractivity contribution in [2.24, 2.45) is 5.92 Å². The molecule has 0 amide bonds. The van der Waals surface area contributed by atoms with E-state index in [0.717, 1.165) is 18.5 Å². The Morgan fingerprint density at radius 2 is 1.87 bits per heavy atom. The highest BCUT2D eigenvalue weighted by Gasteiger charge is 2.15. The van der Waals surface area contributed by atoms with Crippen LogP contribution in [0, 0.1) is 5.92 Å². The Bertz CT molecular complexity index is 176. The van der Waals surface area contributed by atoms with Gasteiger partial charge >= 0.3 is 8.03 Å². The molecule has 1 fully saturated rings. The second kappa shape index (κ2) is 8.24. The maximum Gasteiger partial charge on any atom is 0.507 e. The molecule has 1 unspecified atom stereocenters. The van der Waals surface area contributed by atoms with Crippen LogP contribution in [0.4, 0.5) is 0 Å². The Morgan fingerprint density at radius 3 is 2.53 bits per heavy atom. The van der Waals surface area contributed by atoms with Gasteiger partial charge in [0.1, 0.15) is 0 Å². The summed E-state index contributed by atoms with van der Waals surface area (Å²) in [5, 5.41) is 0. The molecule has 1 saturated carbocycles. The summed E-state index contributed by atoms with van der Waals surface area (Å²) in [4.78, 5) is 0. The zero-order valence-corrected chi connectivity index (χ0v) is 10.8. The third kappa shape index (κ3) is 6.27. The van der Waals surface area contributed by atoms with Crippen LogP contribution < -0.4 is 0 Å². The molecule has 0 heterocycles. The molecule has 88 valence electrons. The fourth-order valence-electron chi connectivity index (χ4n) is 2.42. The lowest BCUT2D eigenvalue weighted by Crippen LogP contribution is -2.05. The molecule has 2 nitrogen and oxygen atoms in total. The molecule has 0 saturated heterocycles. The maximum absolute atomic E-state index is 11.0. The van der Waals surface area contributed by atoms with E-state index in [9.17, 15) is 4.57 Å². The quantitative estimate of drug-likeness (QED) is 0.475. The topological polar surface area (TPSA) is 26.3 Å². The van der Waals surface area contributed by atoms with E-state index >= 15 is 0 Å². The summed E-state index contributed by atoms with van der Waals surface area (Å²) in [7, 11) is 0.169. The van der Waals surface area contributed by atoms with Crippen molar-refractivity contribution < 1.29 is 9.09 Å². The molecule has 3 heteroatoms. The van der Waals surface area contributed by atoms with Crippen molar-refractivity contribution in [1.82, 2.24) is 0 Å². The fourth-order valence-corrected chi connectivity index (χ4v) is 3.08. The van der Waals surface area contributed by atoms with Gasteiger partial charge in [0.05, 0.1) is 7.11 Å². The van der Waals surface area contributed by atoms with E-state index in [1.807, 2.05) is 0 Å². The average molecular weight is 231 g/mol. The monoisotopic (exact) mass is 231 g/mol. The minimum atomic E-state index is -1.36. The van der Waals surface area contributed by atoms with Crippen molar-refractivity contribution in [2.45, 2.75) is 57.8 Å². The summed E-state index contributed by atoms with van der Waals surface area (Å²) in [6.07, 6.45) is 13.0. The second-order valence-corrected chi connectivity index (χ2v) is 6.07. The van der Waals surface area contributed by atoms with Gasteiger partial charge in [0.15, 0.2) is 6.16 Å². The first-order valence-electron chi connectivity index (χ1n) is 6.31. The van der Waals surface area contributed by atoms with Crippen molar-refractivity contribution in [3.63, 3.8) is 0 Å². The van der Waals surface area contributed by atoms with E-state index in [1.165, 1.54) is 58.5 Å². The Labute approximate surface area is 94.7 Å². The summed E-state index contributed by atoms with van der Waals surface area (Å²) in [5.74, 6) is 0.995. The van der Waals surface area contributed by atoms with Gasteiger partial charge in [-0.2, -0.15) is 0 Å². The lowest BCUT2D eigenvalue weighted by atomic mass is 9.86.